The van der Waals surface area contributed by atoms with Crippen LogP contribution in [-0.2, 0) is 37.9 Å². The predicted molar refractivity (Wildman–Crippen MR) is 246 cm³/mol. The van der Waals surface area contributed by atoms with Crippen LogP contribution in [0.4, 0.5) is 0 Å². The van der Waals surface area contributed by atoms with Gasteiger partial charge < -0.3 is 74.7 Å². The third-order valence-corrected chi connectivity index (χ3v) is 15.7. The Labute approximate surface area is 381 Å². The van der Waals surface area contributed by atoms with E-state index in [2.05, 4.69) is 54.3 Å². The summed E-state index contributed by atoms with van der Waals surface area (Å²) < 4.78 is 46.5. The maximum atomic E-state index is 9.99. The Morgan fingerprint density at radius 1 is 0.429 bits per heavy atom. The molecule has 5 rings (SSSR count). The Morgan fingerprint density at radius 2 is 0.778 bits per heavy atom. The van der Waals surface area contributed by atoms with Crippen LogP contribution in [0.25, 0.3) is 0 Å². The largest absolute Gasteiger partial charge is 0.396 e. The molecule has 16 atom stereocenters. The second kappa shape index (κ2) is 30.0. The average molecular weight is 900 g/mol. The molecule has 5 fully saturated rings. The van der Waals surface area contributed by atoms with Crippen molar-refractivity contribution in [2.75, 3.05) is 120 Å². The van der Waals surface area contributed by atoms with Crippen LogP contribution in [0.1, 0.15) is 91.9 Å². The number of hydrogen-bond acceptors (Lipinski definition) is 15. The average Bonchev–Trinajstić information content (AvgIpc) is 3.89. The van der Waals surface area contributed by atoms with Crippen molar-refractivity contribution in [3.05, 3.63) is 0 Å². The fraction of sp³-hybridized carbons (Fsp3) is 1.00. The van der Waals surface area contributed by atoms with Gasteiger partial charge in [-0.15, -0.1) is 0 Å². The van der Waals surface area contributed by atoms with Crippen LogP contribution >= 0.6 is 0 Å². The highest BCUT2D eigenvalue weighted by molar-refractivity contribution is 5.07. The molecule has 0 aromatic carbocycles. The van der Waals surface area contributed by atoms with Gasteiger partial charge in [-0.2, -0.15) is 0 Å². The number of aliphatic hydroxyl groups excluding tert-OH is 2. The van der Waals surface area contributed by atoms with Crippen molar-refractivity contribution in [2.24, 2.45) is 35.5 Å². The summed E-state index contributed by atoms with van der Waals surface area (Å²) in [6.45, 7) is 18.2. The lowest BCUT2D eigenvalue weighted by Crippen LogP contribution is -2.60. The fourth-order valence-corrected chi connectivity index (χ4v) is 12.3. The summed E-state index contributed by atoms with van der Waals surface area (Å²) in [7, 11) is 3.35. The van der Waals surface area contributed by atoms with E-state index in [-0.39, 0.29) is 37.5 Å². The van der Waals surface area contributed by atoms with Crippen LogP contribution in [0.2, 0.25) is 0 Å². The summed E-state index contributed by atoms with van der Waals surface area (Å²) >= 11 is 0. The van der Waals surface area contributed by atoms with Crippen LogP contribution in [0.3, 0.4) is 0 Å². The highest BCUT2D eigenvalue weighted by Gasteiger charge is 2.49. The molecule has 5 aliphatic rings. The van der Waals surface area contributed by atoms with E-state index in [1.807, 2.05) is 0 Å². The molecule has 0 aromatic heterocycles. The lowest BCUT2D eigenvalue weighted by Gasteiger charge is -2.43. The number of fused-ring (bicyclic) bond motifs is 7. The SMILES string of the molecule is CCC1C2CC3NC(CNC4CC(OCCOCCOCCOC)C(OCCOCCOCCOC)CC4NCC4NC(CC(N2)C1CC)C(CCCO)C4C)C(C)C3CCCO. The molecule has 7 N–H and O–H groups in total. The molecule has 6 bridgehead atoms. The lowest BCUT2D eigenvalue weighted by molar-refractivity contribution is -0.121. The van der Waals surface area contributed by atoms with Crippen molar-refractivity contribution in [1.29, 1.82) is 0 Å². The molecular weight excluding hydrogens is 807 g/mol. The summed E-state index contributed by atoms with van der Waals surface area (Å²) in [6.07, 6.45) is 9.83. The van der Waals surface area contributed by atoms with E-state index in [1.54, 1.807) is 14.2 Å². The summed E-state index contributed by atoms with van der Waals surface area (Å²) in [6, 6.07) is 2.79. The molecule has 0 amide bonds. The van der Waals surface area contributed by atoms with Crippen molar-refractivity contribution in [3.8, 4) is 0 Å². The van der Waals surface area contributed by atoms with Gasteiger partial charge in [0.2, 0.25) is 0 Å². The van der Waals surface area contributed by atoms with Crippen LogP contribution < -0.4 is 26.6 Å². The first-order chi connectivity index (χ1) is 30.9. The number of methoxy groups -OCH3 is 2. The third-order valence-electron chi connectivity index (χ3n) is 15.7. The Balaban J connectivity index is 1.33. The molecule has 4 aliphatic heterocycles. The van der Waals surface area contributed by atoms with Gasteiger partial charge in [0, 0.05) is 88.9 Å². The number of ether oxygens (including phenoxy) is 8. The number of aliphatic hydroxyl groups is 2. The van der Waals surface area contributed by atoms with Crippen LogP contribution in [-0.4, -0.2) is 191 Å². The molecule has 0 aromatic rings. The first-order valence-electron chi connectivity index (χ1n) is 25.4. The van der Waals surface area contributed by atoms with E-state index >= 15 is 0 Å². The van der Waals surface area contributed by atoms with E-state index in [0.29, 0.717) is 151 Å². The highest BCUT2D eigenvalue weighted by Crippen LogP contribution is 2.42. The minimum Gasteiger partial charge on any atom is -0.396 e. The number of hydrogen-bond donors (Lipinski definition) is 7. The topological polar surface area (TPSA) is 174 Å². The molecule has 15 nitrogen and oxygen atoms in total. The van der Waals surface area contributed by atoms with Crippen molar-refractivity contribution in [3.63, 3.8) is 0 Å². The number of rotatable bonds is 28. The predicted octanol–water partition coefficient (Wildman–Crippen LogP) is 2.74. The fourth-order valence-electron chi connectivity index (χ4n) is 12.3. The van der Waals surface area contributed by atoms with Gasteiger partial charge in [0.15, 0.2) is 0 Å². The first kappa shape index (κ1) is 53.4. The highest BCUT2D eigenvalue weighted by atomic mass is 16.6. The second-order valence-corrected chi connectivity index (χ2v) is 19.3. The lowest BCUT2D eigenvalue weighted by atomic mass is 9.76. The molecule has 15 heteroatoms. The van der Waals surface area contributed by atoms with Gasteiger partial charge in [0.25, 0.3) is 0 Å². The molecule has 0 spiro atoms. The minimum atomic E-state index is -0.109. The molecule has 63 heavy (non-hydrogen) atoms. The van der Waals surface area contributed by atoms with E-state index in [0.717, 1.165) is 64.5 Å². The Bertz CT molecular complexity index is 1100. The molecule has 4 heterocycles. The van der Waals surface area contributed by atoms with Crippen molar-refractivity contribution in [1.82, 2.24) is 26.6 Å². The van der Waals surface area contributed by atoms with Gasteiger partial charge in [-0.05, 0) is 86.9 Å². The van der Waals surface area contributed by atoms with Crippen molar-refractivity contribution >= 4 is 0 Å². The third kappa shape index (κ3) is 16.3. The number of nitrogens with one attached hydrogen (secondary N) is 5. The maximum absolute atomic E-state index is 9.99. The second-order valence-electron chi connectivity index (χ2n) is 19.3. The van der Waals surface area contributed by atoms with Crippen LogP contribution in [0.5, 0.6) is 0 Å². The summed E-state index contributed by atoms with van der Waals surface area (Å²) in [5.41, 5.74) is 0. The van der Waals surface area contributed by atoms with E-state index in [9.17, 15) is 10.2 Å². The van der Waals surface area contributed by atoms with Gasteiger partial charge in [-0.25, -0.2) is 0 Å². The first-order valence-corrected chi connectivity index (χ1v) is 25.4. The van der Waals surface area contributed by atoms with Crippen molar-refractivity contribution in [2.45, 2.75) is 152 Å². The van der Waals surface area contributed by atoms with Gasteiger partial charge in [-0.1, -0.05) is 40.5 Å². The van der Waals surface area contributed by atoms with E-state index < -0.39 is 0 Å². The molecule has 0 radical (unpaired) electrons. The quantitative estimate of drug-likeness (QED) is 0.0572. The zero-order chi connectivity index (χ0) is 44.8. The van der Waals surface area contributed by atoms with Crippen LogP contribution in [0, 0.1) is 35.5 Å². The Kier molecular flexibility index (Phi) is 25.4. The molecule has 16 unspecified atom stereocenters. The zero-order valence-corrected chi connectivity index (χ0v) is 40.3. The maximum Gasteiger partial charge on any atom is 0.0853 e. The monoisotopic (exact) mass is 900 g/mol. The smallest absolute Gasteiger partial charge is 0.0853 e. The van der Waals surface area contributed by atoms with Gasteiger partial charge in [0.1, 0.15) is 0 Å². The minimum absolute atomic E-state index is 0.109. The van der Waals surface area contributed by atoms with E-state index in [1.165, 1.54) is 12.8 Å². The Hall–Kier alpha value is -0.600. The van der Waals surface area contributed by atoms with Gasteiger partial charge >= 0.3 is 0 Å². The van der Waals surface area contributed by atoms with Crippen molar-refractivity contribution < 1.29 is 48.1 Å². The van der Waals surface area contributed by atoms with E-state index in [4.69, 9.17) is 37.9 Å². The van der Waals surface area contributed by atoms with Gasteiger partial charge in [0.05, 0.1) is 91.5 Å². The molecule has 1 saturated carbocycles. The van der Waals surface area contributed by atoms with Gasteiger partial charge in [-0.3, -0.25) is 0 Å². The molecule has 4 saturated heterocycles. The normalized spacial score (nSPS) is 37.3. The Morgan fingerprint density at radius 3 is 1.14 bits per heavy atom. The summed E-state index contributed by atoms with van der Waals surface area (Å²) in [5, 5.41) is 40.9. The standard InChI is InChI=1S/C48H93N5O10/c1-7-35-36(8-2)40-28-42-38(12-10-14-55)34(4)46(53-42)32-50-44-30-48(63-26-24-61-22-20-59-18-16-57-6)47(62-25-23-60-21-19-58-17-15-56-5)29-43(44)49-31-45-33(3)37(11-9-13-54)41(52-45)27-39(35)51-40/h33-55H,7-32H2,1-6H3. The molecule has 1 aliphatic carbocycles. The summed E-state index contributed by atoms with van der Waals surface area (Å²) in [5.74, 6) is 3.31. The molecular formula is C48H93N5O10. The molecule has 370 valence electrons. The zero-order valence-electron chi connectivity index (χ0n) is 40.3. The summed E-state index contributed by atoms with van der Waals surface area (Å²) in [4.78, 5) is 0. The van der Waals surface area contributed by atoms with Crippen LogP contribution in [0.15, 0.2) is 0 Å².